The van der Waals surface area contributed by atoms with Gasteiger partial charge in [-0.2, -0.15) is 0 Å². The zero-order chi connectivity index (χ0) is 28.7. The van der Waals surface area contributed by atoms with Crippen molar-refractivity contribution in [3.63, 3.8) is 0 Å². The molecule has 5 rings (SSSR count). The van der Waals surface area contributed by atoms with Gasteiger partial charge < -0.3 is 10.4 Å². The number of rotatable bonds is 8. The van der Waals surface area contributed by atoms with Gasteiger partial charge in [0.15, 0.2) is 10.0 Å². The van der Waals surface area contributed by atoms with Crippen LogP contribution in [0.3, 0.4) is 0 Å². The van der Waals surface area contributed by atoms with Crippen LogP contribution in [0.25, 0.3) is 21.2 Å². The molecular weight excluding hydrogens is 548 g/mol. The Balaban J connectivity index is 1.53. The standard InChI is InChI=1S/C29H36N4O5S2/c1-29(2,3)33-40(37,38)27-21-12-8-7-11-20(21)22(16-30-27)24-23(13-17-9-5-4-6-10-17)32-26(39-24)25(34)31-19-14-18(15-19)28(35)36/h7-8,11-12,16-19,33H,4-6,9-10,13-15H2,1-3H3,(H,31,34)(H,35,36). The number of pyridine rings is 1. The highest BCUT2D eigenvalue weighted by Gasteiger charge is 2.36. The van der Waals surface area contributed by atoms with Gasteiger partial charge in [-0.15, -0.1) is 11.3 Å². The summed E-state index contributed by atoms with van der Waals surface area (Å²) in [5, 5.41) is 13.6. The minimum atomic E-state index is -3.88. The highest BCUT2D eigenvalue weighted by Crippen LogP contribution is 2.39. The smallest absolute Gasteiger partial charge is 0.306 e. The van der Waals surface area contributed by atoms with E-state index in [0.29, 0.717) is 29.2 Å². The van der Waals surface area contributed by atoms with Crippen molar-refractivity contribution in [2.75, 3.05) is 0 Å². The Morgan fingerprint density at radius 2 is 1.75 bits per heavy atom. The third kappa shape index (κ3) is 6.21. The molecule has 2 aliphatic carbocycles. The van der Waals surface area contributed by atoms with Gasteiger partial charge in [-0.1, -0.05) is 56.4 Å². The van der Waals surface area contributed by atoms with Crippen molar-refractivity contribution in [3.05, 3.63) is 41.2 Å². The number of sulfonamides is 1. The third-order valence-corrected chi connectivity index (χ3v) is 10.5. The zero-order valence-electron chi connectivity index (χ0n) is 23.1. The van der Waals surface area contributed by atoms with Crippen LogP contribution in [-0.4, -0.2) is 46.9 Å². The van der Waals surface area contributed by atoms with E-state index in [9.17, 15) is 18.0 Å². The van der Waals surface area contributed by atoms with Crippen LogP contribution in [-0.2, 0) is 21.2 Å². The van der Waals surface area contributed by atoms with Crippen LogP contribution in [0.1, 0.15) is 81.2 Å². The first-order valence-electron chi connectivity index (χ1n) is 13.9. The number of nitrogens with one attached hydrogen (secondary N) is 2. The number of carboxylic acid groups (broad SMARTS) is 1. The first kappa shape index (κ1) is 28.6. The molecule has 2 heterocycles. The van der Waals surface area contributed by atoms with Crippen LogP contribution in [0.5, 0.6) is 0 Å². The number of benzene rings is 1. The van der Waals surface area contributed by atoms with E-state index in [1.165, 1.54) is 30.6 Å². The summed E-state index contributed by atoms with van der Waals surface area (Å²) < 4.78 is 29.2. The molecule has 0 spiro atoms. The molecule has 0 atom stereocenters. The Labute approximate surface area is 238 Å². The molecule has 0 unspecified atom stereocenters. The van der Waals surface area contributed by atoms with E-state index >= 15 is 0 Å². The van der Waals surface area contributed by atoms with Crippen molar-refractivity contribution in [2.24, 2.45) is 11.8 Å². The van der Waals surface area contributed by atoms with Crippen molar-refractivity contribution < 1.29 is 23.1 Å². The molecule has 3 aromatic rings. The third-order valence-electron chi connectivity index (χ3n) is 7.62. The molecule has 40 heavy (non-hydrogen) atoms. The fourth-order valence-corrected chi connectivity index (χ4v) is 8.24. The van der Waals surface area contributed by atoms with Crippen LogP contribution < -0.4 is 10.0 Å². The lowest BCUT2D eigenvalue weighted by Crippen LogP contribution is -2.46. The minimum Gasteiger partial charge on any atom is -0.481 e. The molecule has 2 fully saturated rings. The Hall–Kier alpha value is -2.89. The maximum absolute atomic E-state index is 13.3. The summed E-state index contributed by atoms with van der Waals surface area (Å²) in [7, 11) is -3.88. The molecule has 2 aromatic heterocycles. The van der Waals surface area contributed by atoms with Crippen molar-refractivity contribution in [2.45, 2.75) is 88.7 Å². The first-order valence-corrected chi connectivity index (χ1v) is 16.2. The van der Waals surface area contributed by atoms with E-state index in [4.69, 9.17) is 10.1 Å². The number of thiazole rings is 1. The maximum Gasteiger partial charge on any atom is 0.306 e. The highest BCUT2D eigenvalue weighted by atomic mass is 32.2. The number of carbonyl (C=O) groups excluding carboxylic acids is 1. The molecule has 214 valence electrons. The van der Waals surface area contributed by atoms with Crippen LogP contribution >= 0.6 is 11.3 Å². The molecule has 0 radical (unpaired) electrons. The minimum absolute atomic E-state index is 0.0314. The number of nitrogens with zero attached hydrogens (tertiary/aromatic N) is 2. The van der Waals surface area contributed by atoms with Crippen LogP contribution in [0.15, 0.2) is 35.5 Å². The molecule has 9 nitrogen and oxygen atoms in total. The summed E-state index contributed by atoms with van der Waals surface area (Å²) in [6, 6.07) is 7.12. The van der Waals surface area contributed by atoms with Gasteiger partial charge in [0.05, 0.1) is 16.5 Å². The summed E-state index contributed by atoms with van der Waals surface area (Å²) in [4.78, 5) is 34.4. The van der Waals surface area contributed by atoms with Gasteiger partial charge in [-0.05, 0) is 51.3 Å². The highest BCUT2D eigenvalue weighted by molar-refractivity contribution is 7.89. The molecule has 1 amide bonds. The number of amides is 1. The second-order valence-electron chi connectivity index (χ2n) is 12.1. The molecule has 0 aliphatic heterocycles. The molecule has 0 bridgehead atoms. The monoisotopic (exact) mass is 584 g/mol. The van der Waals surface area contributed by atoms with Gasteiger partial charge in [0.1, 0.15) is 0 Å². The van der Waals surface area contributed by atoms with E-state index < -0.39 is 27.4 Å². The maximum atomic E-state index is 13.3. The van der Waals surface area contributed by atoms with Crippen LogP contribution in [0.2, 0.25) is 0 Å². The lowest BCUT2D eigenvalue weighted by atomic mass is 9.80. The first-order chi connectivity index (χ1) is 18.9. The van der Waals surface area contributed by atoms with Crippen molar-refractivity contribution in [3.8, 4) is 10.4 Å². The number of fused-ring (bicyclic) bond motifs is 1. The van der Waals surface area contributed by atoms with Crippen molar-refractivity contribution in [1.29, 1.82) is 0 Å². The molecular formula is C29H36N4O5S2. The lowest BCUT2D eigenvalue weighted by Gasteiger charge is -2.32. The second-order valence-corrected chi connectivity index (χ2v) is 14.7. The normalized spacial score (nSPS) is 20.3. The number of carboxylic acids is 1. The largest absolute Gasteiger partial charge is 0.481 e. The molecule has 2 saturated carbocycles. The average Bonchev–Trinajstić information content (AvgIpc) is 3.27. The predicted molar refractivity (Wildman–Crippen MR) is 155 cm³/mol. The predicted octanol–water partition coefficient (Wildman–Crippen LogP) is 5.15. The zero-order valence-corrected chi connectivity index (χ0v) is 24.7. The van der Waals surface area contributed by atoms with E-state index in [1.54, 1.807) is 39.1 Å². The number of hydrogen-bond acceptors (Lipinski definition) is 7. The van der Waals surface area contributed by atoms with Gasteiger partial charge in [0, 0.05) is 28.7 Å². The number of hydrogen-bond donors (Lipinski definition) is 3. The lowest BCUT2D eigenvalue weighted by molar-refractivity contribution is -0.145. The molecule has 1 aromatic carbocycles. The number of aliphatic carboxylic acids is 1. The molecule has 3 N–H and O–H groups in total. The average molecular weight is 585 g/mol. The van der Waals surface area contributed by atoms with Gasteiger partial charge in [-0.25, -0.2) is 23.1 Å². The van der Waals surface area contributed by atoms with E-state index in [2.05, 4.69) is 15.0 Å². The Morgan fingerprint density at radius 1 is 1.07 bits per heavy atom. The van der Waals surface area contributed by atoms with Crippen LogP contribution in [0.4, 0.5) is 0 Å². The Kier molecular flexibility index (Phi) is 8.00. The fraction of sp³-hybridized carbons (Fsp3) is 0.517. The quantitative estimate of drug-likeness (QED) is 0.333. The van der Waals surface area contributed by atoms with Crippen molar-refractivity contribution in [1.82, 2.24) is 20.0 Å². The van der Waals surface area contributed by atoms with Crippen LogP contribution in [0, 0.1) is 11.8 Å². The number of carbonyl (C=O) groups is 2. The fourth-order valence-electron chi connectivity index (χ4n) is 5.66. The van der Waals surface area contributed by atoms with Crippen molar-refractivity contribution >= 4 is 44.0 Å². The number of aromatic nitrogens is 2. The molecule has 2 aliphatic rings. The molecule has 11 heteroatoms. The Morgan fingerprint density at radius 3 is 2.40 bits per heavy atom. The SMILES string of the molecule is CC(C)(C)NS(=O)(=O)c1ncc(-c2sc(C(=O)NC3CC(C(=O)O)C3)nc2CC2CCCCC2)c2ccccc12. The van der Waals surface area contributed by atoms with Gasteiger partial charge in [0.2, 0.25) is 0 Å². The van der Waals surface area contributed by atoms with E-state index in [1.807, 2.05) is 12.1 Å². The second kappa shape index (κ2) is 11.2. The Bertz CT molecular complexity index is 1530. The van der Waals surface area contributed by atoms with Gasteiger partial charge >= 0.3 is 5.97 Å². The van der Waals surface area contributed by atoms with E-state index in [-0.39, 0.29) is 17.0 Å². The summed E-state index contributed by atoms with van der Waals surface area (Å²) in [6.07, 6.45) is 9.00. The summed E-state index contributed by atoms with van der Waals surface area (Å²) in [5.74, 6) is -1.08. The topological polar surface area (TPSA) is 138 Å². The summed E-state index contributed by atoms with van der Waals surface area (Å²) >= 11 is 1.29. The van der Waals surface area contributed by atoms with Gasteiger partial charge in [0.25, 0.3) is 15.9 Å². The van der Waals surface area contributed by atoms with E-state index in [0.717, 1.165) is 40.8 Å². The summed E-state index contributed by atoms with van der Waals surface area (Å²) in [6.45, 7) is 5.36. The van der Waals surface area contributed by atoms with Gasteiger partial charge in [-0.3, -0.25) is 9.59 Å². The molecule has 0 saturated heterocycles. The summed E-state index contributed by atoms with van der Waals surface area (Å²) in [5.41, 5.74) is 0.912.